The van der Waals surface area contributed by atoms with Crippen molar-refractivity contribution in [3.63, 3.8) is 0 Å². The number of carbonyl (C=O) groups is 1. The van der Waals surface area contributed by atoms with E-state index in [-0.39, 0.29) is 5.41 Å². The van der Waals surface area contributed by atoms with E-state index in [2.05, 4.69) is 0 Å². The van der Waals surface area contributed by atoms with Crippen molar-refractivity contribution in [2.24, 2.45) is 5.41 Å². The summed E-state index contributed by atoms with van der Waals surface area (Å²) in [5.41, 5.74) is -0.335. The van der Waals surface area contributed by atoms with Crippen molar-refractivity contribution < 1.29 is 14.6 Å². The standard InChI is InChI=1S/C11H18O3/c12-10(13)11(6-7-11)5-1-3-9-4-2-8-14-9/h9H,1-8H2,(H,12,13). The van der Waals surface area contributed by atoms with Gasteiger partial charge in [-0.15, -0.1) is 0 Å². The predicted molar refractivity (Wildman–Crippen MR) is 52.1 cm³/mol. The zero-order valence-electron chi connectivity index (χ0n) is 8.50. The summed E-state index contributed by atoms with van der Waals surface area (Å²) in [5, 5.41) is 8.96. The second kappa shape index (κ2) is 3.89. The maximum Gasteiger partial charge on any atom is 0.309 e. The Morgan fingerprint density at radius 2 is 2.29 bits per heavy atom. The molecule has 1 N–H and O–H groups in total. The third-order valence-corrected chi connectivity index (χ3v) is 3.51. The quantitative estimate of drug-likeness (QED) is 0.736. The minimum absolute atomic E-state index is 0.335. The molecule has 1 heterocycles. The number of hydrogen-bond donors (Lipinski definition) is 1. The van der Waals surface area contributed by atoms with Crippen LogP contribution in [-0.2, 0) is 9.53 Å². The summed E-state index contributed by atoms with van der Waals surface area (Å²) in [7, 11) is 0. The summed E-state index contributed by atoms with van der Waals surface area (Å²) in [4.78, 5) is 10.9. The monoisotopic (exact) mass is 198 g/mol. The summed E-state index contributed by atoms with van der Waals surface area (Å²) >= 11 is 0. The van der Waals surface area contributed by atoms with E-state index >= 15 is 0 Å². The Bertz CT molecular complexity index is 215. The Morgan fingerprint density at radius 1 is 1.50 bits per heavy atom. The van der Waals surface area contributed by atoms with E-state index in [4.69, 9.17) is 9.84 Å². The van der Waals surface area contributed by atoms with E-state index in [9.17, 15) is 4.79 Å². The molecule has 0 amide bonds. The van der Waals surface area contributed by atoms with Crippen LogP contribution in [0.3, 0.4) is 0 Å². The third kappa shape index (κ3) is 2.08. The second-order valence-corrected chi connectivity index (χ2v) is 4.61. The molecule has 3 heteroatoms. The Labute approximate surface area is 84.4 Å². The van der Waals surface area contributed by atoms with Gasteiger partial charge in [-0.05, 0) is 44.9 Å². The van der Waals surface area contributed by atoms with Gasteiger partial charge in [0, 0.05) is 6.61 Å². The van der Waals surface area contributed by atoms with Crippen LogP contribution in [0.15, 0.2) is 0 Å². The lowest BCUT2D eigenvalue weighted by Crippen LogP contribution is -2.15. The Balaban J connectivity index is 1.65. The molecule has 2 rings (SSSR count). The van der Waals surface area contributed by atoms with Crippen molar-refractivity contribution in [1.82, 2.24) is 0 Å². The van der Waals surface area contributed by atoms with Crippen LogP contribution >= 0.6 is 0 Å². The van der Waals surface area contributed by atoms with Crippen LogP contribution in [0.5, 0.6) is 0 Å². The van der Waals surface area contributed by atoms with Crippen LogP contribution in [-0.4, -0.2) is 23.8 Å². The molecule has 3 nitrogen and oxygen atoms in total. The van der Waals surface area contributed by atoms with Gasteiger partial charge in [-0.3, -0.25) is 4.79 Å². The zero-order chi connectivity index (χ0) is 10.0. The van der Waals surface area contributed by atoms with Crippen molar-refractivity contribution in [1.29, 1.82) is 0 Å². The van der Waals surface area contributed by atoms with Crippen molar-refractivity contribution in [3.05, 3.63) is 0 Å². The molecule has 0 radical (unpaired) electrons. The molecule has 1 aliphatic carbocycles. The van der Waals surface area contributed by atoms with Crippen molar-refractivity contribution in [2.75, 3.05) is 6.61 Å². The minimum atomic E-state index is -0.593. The summed E-state index contributed by atoms with van der Waals surface area (Å²) in [5.74, 6) is -0.593. The molecule has 1 unspecified atom stereocenters. The molecular formula is C11H18O3. The molecule has 80 valence electrons. The van der Waals surface area contributed by atoms with Crippen molar-refractivity contribution in [2.45, 2.75) is 51.0 Å². The maximum atomic E-state index is 10.9. The van der Waals surface area contributed by atoms with Gasteiger partial charge in [0.15, 0.2) is 0 Å². The highest BCUT2D eigenvalue weighted by Crippen LogP contribution is 2.50. The number of carboxylic acids is 1. The predicted octanol–water partition coefficient (Wildman–Crippen LogP) is 2.20. The molecule has 0 aromatic carbocycles. The van der Waals surface area contributed by atoms with Gasteiger partial charge < -0.3 is 9.84 Å². The molecule has 14 heavy (non-hydrogen) atoms. The van der Waals surface area contributed by atoms with E-state index in [0.717, 1.165) is 38.7 Å². The molecule has 1 saturated carbocycles. The first-order valence-electron chi connectivity index (χ1n) is 5.58. The van der Waals surface area contributed by atoms with Crippen LogP contribution in [0, 0.1) is 5.41 Å². The lowest BCUT2D eigenvalue weighted by Gasteiger charge is -2.12. The lowest BCUT2D eigenvalue weighted by atomic mass is 9.97. The number of ether oxygens (including phenoxy) is 1. The van der Waals surface area contributed by atoms with Crippen LogP contribution in [0.2, 0.25) is 0 Å². The molecule has 0 bridgehead atoms. The molecule has 0 aromatic rings. The van der Waals surface area contributed by atoms with E-state index in [1.165, 1.54) is 12.8 Å². The fraction of sp³-hybridized carbons (Fsp3) is 0.909. The highest BCUT2D eigenvalue weighted by Gasteiger charge is 2.49. The maximum absolute atomic E-state index is 10.9. The van der Waals surface area contributed by atoms with Gasteiger partial charge in [0.2, 0.25) is 0 Å². The first-order chi connectivity index (χ1) is 6.73. The van der Waals surface area contributed by atoms with Crippen LogP contribution < -0.4 is 0 Å². The van der Waals surface area contributed by atoms with E-state index in [1.54, 1.807) is 0 Å². The fourth-order valence-corrected chi connectivity index (χ4v) is 2.26. The second-order valence-electron chi connectivity index (χ2n) is 4.61. The largest absolute Gasteiger partial charge is 0.481 e. The molecule has 2 aliphatic rings. The molecule has 1 saturated heterocycles. The van der Waals surface area contributed by atoms with Crippen molar-refractivity contribution in [3.8, 4) is 0 Å². The lowest BCUT2D eigenvalue weighted by molar-refractivity contribution is -0.143. The topological polar surface area (TPSA) is 46.5 Å². The van der Waals surface area contributed by atoms with Gasteiger partial charge in [0.1, 0.15) is 0 Å². The highest BCUT2D eigenvalue weighted by molar-refractivity contribution is 5.77. The van der Waals surface area contributed by atoms with Gasteiger partial charge in [-0.2, -0.15) is 0 Å². The van der Waals surface area contributed by atoms with Gasteiger partial charge >= 0.3 is 5.97 Å². The smallest absolute Gasteiger partial charge is 0.309 e. The van der Waals surface area contributed by atoms with Crippen LogP contribution in [0.25, 0.3) is 0 Å². The van der Waals surface area contributed by atoms with E-state index in [1.807, 2.05) is 0 Å². The van der Waals surface area contributed by atoms with Gasteiger partial charge in [-0.25, -0.2) is 0 Å². The number of hydrogen-bond acceptors (Lipinski definition) is 2. The van der Waals surface area contributed by atoms with Crippen LogP contribution in [0.1, 0.15) is 44.9 Å². The normalized spacial score (nSPS) is 29.0. The first kappa shape index (κ1) is 9.97. The van der Waals surface area contributed by atoms with Crippen LogP contribution in [0.4, 0.5) is 0 Å². The average Bonchev–Trinajstić information content (AvgIpc) is 2.76. The Hall–Kier alpha value is -0.570. The summed E-state index contributed by atoms with van der Waals surface area (Å²) in [6.07, 6.45) is 7.43. The Kier molecular flexibility index (Phi) is 2.77. The minimum Gasteiger partial charge on any atom is -0.481 e. The first-order valence-corrected chi connectivity index (χ1v) is 5.58. The Morgan fingerprint density at radius 3 is 2.79 bits per heavy atom. The molecule has 1 atom stereocenters. The molecule has 0 spiro atoms. The molecule has 1 aliphatic heterocycles. The van der Waals surface area contributed by atoms with E-state index < -0.39 is 5.97 Å². The number of carboxylic acid groups (broad SMARTS) is 1. The van der Waals surface area contributed by atoms with E-state index in [0.29, 0.717) is 6.10 Å². The van der Waals surface area contributed by atoms with Gasteiger partial charge in [-0.1, -0.05) is 0 Å². The summed E-state index contributed by atoms with van der Waals surface area (Å²) in [6.45, 7) is 0.898. The molecule has 0 aromatic heterocycles. The summed E-state index contributed by atoms with van der Waals surface area (Å²) < 4.78 is 5.50. The average molecular weight is 198 g/mol. The zero-order valence-corrected chi connectivity index (χ0v) is 8.50. The third-order valence-electron chi connectivity index (χ3n) is 3.51. The summed E-state index contributed by atoms with van der Waals surface area (Å²) in [6, 6.07) is 0. The van der Waals surface area contributed by atoms with Gasteiger partial charge in [0.25, 0.3) is 0 Å². The van der Waals surface area contributed by atoms with Gasteiger partial charge in [0.05, 0.1) is 11.5 Å². The fourth-order valence-electron chi connectivity index (χ4n) is 2.26. The number of aliphatic carboxylic acids is 1. The highest BCUT2D eigenvalue weighted by atomic mass is 16.5. The SMILES string of the molecule is O=C(O)C1(CCCC2CCCO2)CC1. The molecular weight excluding hydrogens is 180 g/mol. The molecule has 2 fully saturated rings. The number of rotatable bonds is 5. The van der Waals surface area contributed by atoms with Crippen molar-refractivity contribution >= 4 is 5.97 Å².